The van der Waals surface area contributed by atoms with Crippen molar-refractivity contribution in [1.82, 2.24) is 0 Å². The fourth-order valence-corrected chi connectivity index (χ4v) is 2.43. The molecule has 0 saturated heterocycles. The summed E-state index contributed by atoms with van der Waals surface area (Å²) in [5, 5.41) is 9.25. The van der Waals surface area contributed by atoms with Crippen LogP contribution in [0.2, 0.25) is 0 Å². The van der Waals surface area contributed by atoms with Gasteiger partial charge in [-0.1, -0.05) is 6.58 Å². The van der Waals surface area contributed by atoms with Gasteiger partial charge in [0.1, 0.15) is 6.10 Å². The van der Waals surface area contributed by atoms with E-state index in [9.17, 15) is 36.2 Å². The van der Waals surface area contributed by atoms with E-state index in [1.807, 2.05) is 0 Å². The van der Waals surface area contributed by atoms with Crippen LogP contribution >= 0.6 is 0 Å². The van der Waals surface area contributed by atoms with Crippen LogP contribution in [-0.4, -0.2) is 35.1 Å². The highest BCUT2D eigenvalue weighted by molar-refractivity contribution is 5.81. The molecule has 122 valence electrons. The summed E-state index contributed by atoms with van der Waals surface area (Å²) < 4.78 is 80.8. The van der Waals surface area contributed by atoms with Crippen LogP contribution in [-0.2, 0) is 9.53 Å². The normalized spacial score (nSPS) is 24.5. The van der Waals surface area contributed by atoms with Crippen LogP contribution in [0.25, 0.3) is 0 Å². The highest BCUT2D eigenvalue weighted by Gasteiger charge is 2.73. The average Bonchev–Trinajstić information content (AvgIpc) is 2.35. The summed E-state index contributed by atoms with van der Waals surface area (Å²) >= 11 is 0. The molecule has 0 radical (unpaired) electrons. The fourth-order valence-electron chi connectivity index (χ4n) is 2.43. The van der Waals surface area contributed by atoms with E-state index < -0.39 is 48.8 Å². The molecule has 1 aliphatic rings. The maximum Gasteiger partial charge on any atom is 0.426 e. The summed E-state index contributed by atoms with van der Waals surface area (Å²) in [5.74, 6) is -2.81. The third-order valence-corrected chi connectivity index (χ3v) is 3.58. The highest BCUT2D eigenvalue weighted by atomic mass is 19.4. The molecule has 0 aromatic carbocycles. The summed E-state index contributed by atoms with van der Waals surface area (Å²) in [4.78, 5) is 10.9. The van der Waals surface area contributed by atoms with Crippen molar-refractivity contribution in [2.45, 2.75) is 49.7 Å². The van der Waals surface area contributed by atoms with Crippen molar-refractivity contribution in [2.75, 3.05) is 0 Å². The third kappa shape index (κ3) is 3.50. The largest absolute Gasteiger partial charge is 0.459 e. The summed E-state index contributed by atoms with van der Waals surface area (Å²) in [6.07, 6.45) is -13.0. The minimum absolute atomic E-state index is 0.182. The fraction of sp³-hybridized carbons (Fsp3) is 0.750. The average molecular weight is 320 g/mol. The molecule has 0 heterocycles. The molecule has 0 unspecified atom stereocenters. The third-order valence-electron chi connectivity index (χ3n) is 3.58. The van der Waals surface area contributed by atoms with Gasteiger partial charge in [0, 0.05) is 12.0 Å². The topological polar surface area (TPSA) is 46.5 Å². The van der Waals surface area contributed by atoms with Gasteiger partial charge in [0.05, 0.1) is 0 Å². The molecule has 0 bridgehead atoms. The Labute approximate surface area is 116 Å². The SMILES string of the molecule is C=CC(=O)OC1CCC(C(O)(C(F)(F)F)C(F)(F)F)CC1. The van der Waals surface area contributed by atoms with Gasteiger partial charge in [-0.3, -0.25) is 0 Å². The first kappa shape index (κ1) is 17.8. The van der Waals surface area contributed by atoms with Crippen molar-refractivity contribution in [3.05, 3.63) is 12.7 Å². The van der Waals surface area contributed by atoms with Crippen molar-refractivity contribution in [3.63, 3.8) is 0 Å². The van der Waals surface area contributed by atoms with E-state index in [0.717, 1.165) is 6.08 Å². The van der Waals surface area contributed by atoms with Gasteiger partial charge in [-0.05, 0) is 25.7 Å². The Morgan fingerprint density at radius 3 is 1.81 bits per heavy atom. The molecule has 1 rings (SSSR count). The van der Waals surface area contributed by atoms with Gasteiger partial charge in [0.2, 0.25) is 0 Å². The predicted molar refractivity (Wildman–Crippen MR) is 59.1 cm³/mol. The lowest BCUT2D eigenvalue weighted by molar-refractivity contribution is -0.387. The molecule has 21 heavy (non-hydrogen) atoms. The van der Waals surface area contributed by atoms with Crippen LogP contribution in [0, 0.1) is 5.92 Å². The zero-order valence-corrected chi connectivity index (χ0v) is 10.8. The first-order valence-corrected chi connectivity index (χ1v) is 6.12. The van der Waals surface area contributed by atoms with E-state index >= 15 is 0 Å². The molecule has 0 spiro atoms. The summed E-state index contributed by atoms with van der Waals surface area (Å²) in [7, 11) is 0. The Morgan fingerprint density at radius 1 is 1.05 bits per heavy atom. The number of carbonyl (C=O) groups is 1. The van der Waals surface area contributed by atoms with E-state index in [0.29, 0.717) is 0 Å². The highest BCUT2D eigenvalue weighted by Crippen LogP contribution is 2.51. The van der Waals surface area contributed by atoms with E-state index in [1.54, 1.807) is 0 Å². The maximum absolute atomic E-state index is 12.7. The van der Waals surface area contributed by atoms with Crippen molar-refractivity contribution in [3.8, 4) is 0 Å². The molecular weight excluding hydrogens is 306 g/mol. The first-order chi connectivity index (χ1) is 9.43. The first-order valence-electron chi connectivity index (χ1n) is 6.12. The van der Waals surface area contributed by atoms with Crippen molar-refractivity contribution < 1.29 is 41.0 Å². The molecule has 0 aromatic rings. The minimum atomic E-state index is -5.82. The Bertz CT molecular complexity index is 379. The number of aliphatic hydroxyl groups is 1. The zero-order valence-electron chi connectivity index (χ0n) is 10.8. The van der Waals surface area contributed by atoms with Crippen molar-refractivity contribution in [2.24, 2.45) is 5.92 Å². The second-order valence-electron chi connectivity index (χ2n) is 4.88. The van der Waals surface area contributed by atoms with E-state index in [2.05, 4.69) is 6.58 Å². The molecule has 0 aliphatic heterocycles. The van der Waals surface area contributed by atoms with Crippen LogP contribution in [0.15, 0.2) is 12.7 Å². The summed E-state index contributed by atoms with van der Waals surface area (Å²) in [5.41, 5.74) is -4.74. The molecule has 0 aromatic heterocycles. The van der Waals surface area contributed by atoms with Crippen molar-refractivity contribution >= 4 is 5.97 Å². The van der Waals surface area contributed by atoms with Gasteiger partial charge in [-0.2, -0.15) is 26.3 Å². The van der Waals surface area contributed by atoms with Gasteiger partial charge in [0.25, 0.3) is 5.60 Å². The molecule has 1 saturated carbocycles. The molecule has 3 nitrogen and oxygen atoms in total. The molecule has 1 fully saturated rings. The van der Waals surface area contributed by atoms with Gasteiger partial charge in [0.15, 0.2) is 0 Å². The lowest BCUT2D eigenvalue weighted by Crippen LogP contribution is -2.62. The van der Waals surface area contributed by atoms with Crippen LogP contribution in [0.1, 0.15) is 25.7 Å². The molecule has 0 atom stereocenters. The molecule has 0 amide bonds. The van der Waals surface area contributed by atoms with Gasteiger partial charge < -0.3 is 9.84 Å². The number of hydrogen-bond donors (Lipinski definition) is 1. The van der Waals surface area contributed by atoms with Crippen molar-refractivity contribution in [1.29, 1.82) is 0 Å². The standard InChI is InChI=1S/C12H14F6O3/c1-2-9(19)21-8-5-3-7(4-6-8)10(20,11(13,14)15)12(16,17)18/h2,7-8,20H,1,3-6H2. The summed E-state index contributed by atoms with van der Waals surface area (Å²) in [6.45, 7) is 3.13. The number of ether oxygens (including phenoxy) is 1. The van der Waals surface area contributed by atoms with Crippen LogP contribution in [0.3, 0.4) is 0 Å². The second kappa shape index (κ2) is 5.86. The lowest BCUT2D eigenvalue weighted by Gasteiger charge is -2.41. The molecule has 1 N–H and O–H groups in total. The van der Waals surface area contributed by atoms with Gasteiger partial charge in [-0.15, -0.1) is 0 Å². The number of alkyl halides is 6. The number of halogens is 6. The van der Waals surface area contributed by atoms with E-state index in [-0.39, 0.29) is 12.8 Å². The number of hydrogen-bond acceptors (Lipinski definition) is 3. The van der Waals surface area contributed by atoms with E-state index in [1.165, 1.54) is 0 Å². The van der Waals surface area contributed by atoms with Crippen LogP contribution in [0.4, 0.5) is 26.3 Å². The maximum atomic E-state index is 12.7. The monoisotopic (exact) mass is 320 g/mol. The van der Waals surface area contributed by atoms with Gasteiger partial charge >= 0.3 is 18.3 Å². The second-order valence-corrected chi connectivity index (χ2v) is 4.88. The van der Waals surface area contributed by atoms with Crippen LogP contribution in [0.5, 0.6) is 0 Å². The quantitative estimate of drug-likeness (QED) is 0.494. The number of carbonyl (C=O) groups excluding carboxylic acids is 1. The lowest BCUT2D eigenvalue weighted by atomic mass is 9.75. The Morgan fingerprint density at radius 2 is 1.48 bits per heavy atom. The Balaban J connectivity index is 2.83. The molecule has 9 heteroatoms. The molecule has 1 aliphatic carbocycles. The number of esters is 1. The predicted octanol–water partition coefficient (Wildman–Crippen LogP) is 3.13. The van der Waals surface area contributed by atoms with Gasteiger partial charge in [-0.25, -0.2) is 4.79 Å². The molecular formula is C12H14F6O3. The Hall–Kier alpha value is -1.25. The van der Waals surface area contributed by atoms with E-state index in [4.69, 9.17) is 4.74 Å². The summed E-state index contributed by atoms with van der Waals surface area (Å²) in [6, 6.07) is 0. The minimum Gasteiger partial charge on any atom is -0.459 e. The van der Waals surface area contributed by atoms with Crippen LogP contribution < -0.4 is 0 Å². The smallest absolute Gasteiger partial charge is 0.426 e. The number of rotatable bonds is 3. The zero-order chi connectivity index (χ0) is 16.5. The Kier molecular flexibility index (Phi) is 4.97.